The molecule has 0 saturated heterocycles. The van der Waals surface area contributed by atoms with Crippen molar-refractivity contribution < 1.29 is 19.8 Å². The molecule has 50 heavy (non-hydrogen) atoms. The fourth-order valence-corrected chi connectivity index (χ4v) is 6.11. The van der Waals surface area contributed by atoms with Gasteiger partial charge in [-0.15, -0.1) is 13.2 Å². The number of allylic oxidation sites excluding steroid dienone is 4. The van der Waals surface area contributed by atoms with Gasteiger partial charge in [0.1, 0.15) is 0 Å². The van der Waals surface area contributed by atoms with Crippen LogP contribution in [0.3, 0.4) is 0 Å². The second-order valence-electron chi connectivity index (χ2n) is 14.3. The Morgan fingerprint density at radius 2 is 0.520 bits per heavy atom. The second kappa shape index (κ2) is 51.5. The molecule has 0 radical (unpaired) electrons. The van der Waals surface area contributed by atoms with Gasteiger partial charge in [0.25, 0.3) is 0 Å². The highest BCUT2D eigenvalue weighted by Gasteiger charge is 1.98. The number of hydrogen-bond donors (Lipinski definition) is 2. The van der Waals surface area contributed by atoms with Crippen molar-refractivity contribution in [3.63, 3.8) is 0 Å². The van der Waals surface area contributed by atoms with Crippen molar-refractivity contribution in [1.29, 1.82) is 0 Å². The van der Waals surface area contributed by atoms with Crippen LogP contribution in [0.4, 0.5) is 0 Å². The number of aliphatic carboxylic acids is 2. The Morgan fingerprint density at radius 3 is 0.720 bits per heavy atom. The number of carboxylic acids is 2. The summed E-state index contributed by atoms with van der Waals surface area (Å²) in [5, 5.41) is 17.1. The van der Waals surface area contributed by atoms with E-state index in [4.69, 9.17) is 10.2 Å². The zero-order valence-electron chi connectivity index (χ0n) is 33.9. The highest BCUT2D eigenvalue weighted by Crippen LogP contribution is 2.14. The van der Waals surface area contributed by atoms with E-state index in [1.165, 1.54) is 193 Å². The van der Waals surface area contributed by atoms with Gasteiger partial charge in [-0.25, -0.2) is 0 Å². The summed E-state index contributed by atoms with van der Waals surface area (Å²) >= 11 is 0. The molecule has 0 spiro atoms. The Balaban J connectivity index is -0.000000841. The summed E-state index contributed by atoms with van der Waals surface area (Å²) in [6.45, 7) is 10.5. The Hall–Kier alpha value is -1.84. The lowest BCUT2D eigenvalue weighted by Gasteiger charge is -2.01. The first-order valence-corrected chi connectivity index (χ1v) is 21.8. The van der Waals surface area contributed by atoms with Crippen LogP contribution < -0.4 is 0 Å². The average Bonchev–Trinajstić information content (AvgIpc) is 3.11. The van der Waals surface area contributed by atoms with Crippen LogP contribution in [-0.4, -0.2) is 22.2 Å². The van der Waals surface area contributed by atoms with Crippen LogP contribution in [0.15, 0.2) is 37.5 Å². The van der Waals surface area contributed by atoms with Gasteiger partial charge in [0, 0.05) is 12.8 Å². The molecule has 0 rings (SSSR count). The molecule has 4 nitrogen and oxygen atoms in total. The van der Waals surface area contributed by atoms with E-state index in [0.717, 1.165) is 25.7 Å². The average molecular weight is 705 g/mol. The van der Waals surface area contributed by atoms with E-state index in [9.17, 15) is 9.59 Å². The summed E-state index contributed by atoms with van der Waals surface area (Å²) in [7, 11) is 0. The molecule has 0 saturated carbocycles. The predicted octanol–water partition coefficient (Wildman–Crippen LogP) is 16.1. The molecule has 0 aliphatic heterocycles. The summed E-state index contributed by atoms with van der Waals surface area (Å²) in [6, 6.07) is 0. The van der Waals surface area contributed by atoms with Crippen molar-refractivity contribution >= 4 is 11.9 Å². The lowest BCUT2D eigenvalue weighted by atomic mass is 10.1. The molecule has 0 aromatic heterocycles. The van der Waals surface area contributed by atoms with Crippen LogP contribution in [0.5, 0.6) is 0 Å². The predicted molar refractivity (Wildman–Crippen MR) is 222 cm³/mol. The number of hydrogen-bond acceptors (Lipinski definition) is 2. The van der Waals surface area contributed by atoms with Crippen LogP contribution in [0.1, 0.15) is 245 Å². The summed E-state index contributed by atoms with van der Waals surface area (Å²) < 4.78 is 0. The van der Waals surface area contributed by atoms with E-state index in [-0.39, 0.29) is 0 Å². The second-order valence-corrected chi connectivity index (χ2v) is 14.3. The lowest BCUT2D eigenvalue weighted by Crippen LogP contribution is -1.93. The van der Waals surface area contributed by atoms with Gasteiger partial charge in [-0.3, -0.25) is 9.59 Å². The highest BCUT2D eigenvalue weighted by atomic mass is 16.4. The molecule has 0 aromatic carbocycles. The molecule has 0 aromatic rings. The van der Waals surface area contributed by atoms with Crippen molar-refractivity contribution in [1.82, 2.24) is 0 Å². The molecule has 0 heterocycles. The number of carboxylic acid groups (broad SMARTS) is 2. The minimum Gasteiger partial charge on any atom is -0.481 e. The van der Waals surface area contributed by atoms with Crippen LogP contribution in [0.2, 0.25) is 0 Å². The number of carbonyl (C=O) groups is 2. The Kier molecular flexibility index (Phi) is 54.1. The molecule has 4 heteroatoms. The third kappa shape index (κ3) is 58.4. The molecular formula is C46H88O4. The van der Waals surface area contributed by atoms with Gasteiger partial charge in [-0.1, -0.05) is 192 Å². The maximum atomic E-state index is 10.4. The van der Waals surface area contributed by atoms with Gasteiger partial charge in [0.2, 0.25) is 0 Å². The van der Waals surface area contributed by atoms with Gasteiger partial charge in [0.15, 0.2) is 0 Å². The maximum Gasteiger partial charge on any atom is 0.303 e. The maximum absolute atomic E-state index is 10.4. The summed E-state index contributed by atoms with van der Waals surface area (Å²) in [6.07, 6.45) is 54.2. The largest absolute Gasteiger partial charge is 0.481 e. The van der Waals surface area contributed by atoms with Crippen LogP contribution in [0, 0.1) is 0 Å². The van der Waals surface area contributed by atoms with Crippen molar-refractivity contribution in [2.75, 3.05) is 0 Å². The fourth-order valence-electron chi connectivity index (χ4n) is 6.11. The molecule has 0 aliphatic rings. The fraction of sp³-hybridized carbons (Fsp3) is 0.826. The molecule has 0 fully saturated rings. The highest BCUT2D eigenvalue weighted by molar-refractivity contribution is 5.66. The third-order valence-corrected chi connectivity index (χ3v) is 9.30. The van der Waals surface area contributed by atoms with Gasteiger partial charge in [0.05, 0.1) is 0 Å². The van der Waals surface area contributed by atoms with E-state index < -0.39 is 11.9 Å². The SMILES string of the molecule is C=C.CCCCCCCC/C=C\CCCCCCCCCCCC(=O)O.CCCCCCCC/C=C\CCCCCCCCCCCC(=O)O. The molecule has 0 unspecified atom stereocenters. The van der Waals surface area contributed by atoms with Crippen LogP contribution >= 0.6 is 0 Å². The molecule has 0 bridgehead atoms. The molecule has 2 N–H and O–H groups in total. The first-order chi connectivity index (χ1) is 24.5. The van der Waals surface area contributed by atoms with Crippen molar-refractivity contribution in [2.45, 2.75) is 245 Å². The van der Waals surface area contributed by atoms with Gasteiger partial charge in [-0.05, 0) is 64.2 Å². The summed E-state index contributed by atoms with van der Waals surface area (Å²) in [5.74, 6) is -1.31. The minimum absolute atomic E-state index is 0.340. The van der Waals surface area contributed by atoms with Crippen LogP contribution in [0.25, 0.3) is 0 Å². The molecular weight excluding hydrogens is 617 g/mol. The lowest BCUT2D eigenvalue weighted by molar-refractivity contribution is -0.138. The van der Waals surface area contributed by atoms with E-state index in [1.54, 1.807) is 0 Å². The van der Waals surface area contributed by atoms with E-state index in [1.807, 2.05) is 0 Å². The molecule has 0 aliphatic carbocycles. The van der Waals surface area contributed by atoms with Crippen molar-refractivity contribution in [3.05, 3.63) is 37.5 Å². The number of unbranched alkanes of at least 4 members (excludes halogenated alkanes) is 30. The van der Waals surface area contributed by atoms with E-state index >= 15 is 0 Å². The van der Waals surface area contributed by atoms with Crippen molar-refractivity contribution in [2.24, 2.45) is 0 Å². The Bertz CT molecular complexity index is 640. The summed E-state index contributed by atoms with van der Waals surface area (Å²) in [5.41, 5.74) is 0. The molecule has 0 atom stereocenters. The van der Waals surface area contributed by atoms with Gasteiger partial charge < -0.3 is 10.2 Å². The van der Waals surface area contributed by atoms with Crippen molar-refractivity contribution in [3.8, 4) is 0 Å². The minimum atomic E-state index is -0.656. The van der Waals surface area contributed by atoms with Crippen LogP contribution in [-0.2, 0) is 9.59 Å². The van der Waals surface area contributed by atoms with Gasteiger partial charge >= 0.3 is 11.9 Å². The zero-order chi connectivity index (χ0) is 37.4. The van der Waals surface area contributed by atoms with E-state index in [0.29, 0.717) is 12.8 Å². The first kappa shape index (κ1) is 52.5. The number of rotatable bonds is 38. The zero-order valence-corrected chi connectivity index (χ0v) is 33.9. The standard InChI is InChI=1S/2C22H42O2.C2H4/c2*1-2-3-4-5-6-7-8-9-10-11-12-13-14-15-16-17-18-19-20-21-22(23)24;1-2/h2*9-10H,2-8,11-21H2,1H3,(H,23,24);1-2H2/b2*10-9-;. The Labute approximate surface area is 313 Å². The monoisotopic (exact) mass is 705 g/mol. The normalized spacial score (nSPS) is 11.0. The smallest absolute Gasteiger partial charge is 0.303 e. The topological polar surface area (TPSA) is 74.6 Å². The summed E-state index contributed by atoms with van der Waals surface area (Å²) in [4.78, 5) is 20.8. The molecule has 296 valence electrons. The Morgan fingerprint density at radius 1 is 0.340 bits per heavy atom. The van der Waals surface area contributed by atoms with E-state index in [2.05, 4.69) is 51.3 Å². The molecule has 0 amide bonds. The first-order valence-electron chi connectivity index (χ1n) is 21.8. The van der Waals surface area contributed by atoms with Gasteiger partial charge in [-0.2, -0.15) is 0 Å². The quantitative estimate of drug-likeness (QED) is 0.0495. The third-order valence-electron chi connectivity index (χ3n) is 9.30.